The molecule has 1 aliphatic rings. The lowest BCUT2D eigenvalue weighted by Crippen LogP contribution is -2.50. The Bertz CT molecular complexity index is 513. The predicted molar refractivity (Wildman–Crippen MR) is 93.4 cm³/mol. The number of carbonyl (C=O) groups excluding carboxylic acids is 1. The Morgan fingerprint density at radius 2 is 2.04 bits per heavy atom. The molecule has 1 aromatic heterocycles. The van der Waals surface area contributed by atoms with Crippen LogP contribution in [0.25, 0.3) is 0 Å². The highest BCUT2D eigenvalue weighted by Crippen LogP contribution is 2.12. The predicted octanol–water partition coefficient (Wildman–Crippen LogP) is 0.303. The fraction of sp³-hybridized carbons (Fsp3) is 0.647. The molecular formula is C17H28N4O3. The molecule has 24 heavy (non-hydrogen) atoms. The summed E-state index contributed by atoms with van der Waals surface area (Å²) in [6.45, 7) is 6.32. The van der Waals surface area contributed by atoms with Crippen LogP contribution in [0.1, 0.15) is 17.3 Å². The van der Waals surface area contributed by atoms with Gasteiger partial charge in [0, 0.05) is 59.6 Å². The molecule has 1 N–H and O–H groups in total. The lowest BCUT2D eigenvalue weighted by Gasteiger charge is -2.35. The first kappa shape index (κ1) is 18.6. The minimum absolute atomic E-state index is 0.0160. The number of aromatic nitrogens is 1. The van der Waals surface area contributed by atoms with Gasteiger partial charge in [-0.3, -0.25) is 9.69 Å². The quantitative estimate of drug-likeness (QED) is 0.773. The molecular weight excluding hydrogens is 308 g/mol. The first-order valence-electron chi connectivity index (χ1n) is 8.42. The second-order valence-electron chi connectivity index (χ2n) is 6.21. The molecule has 134 valence electrons. The fourth-order valence-electron chi connectivity index (χ4n) is 2.70. The molecule has 1 aliphatic heterocycles. The van der Waals surface area contributed by atoms with E-state index in [9.17, 15) is 9.90 Å². The third kappa shape index (κ3) is 5.15. The Kier molecular flexibility index (Phi) is 6.96. The maximum absolute atomic E-state index is 12.5. The van der Waals surface area contributed by atoms with Gasteiger partial charge in [0.05, 0.1) is 18.3 Å². The van der Waals surface area contributed by atoms with Gasteiger partial charge in [-0.1, -0.05) is 0 Å². The van der Waals surface area contributed by atoms with Crippen molar-refractivity contribution in [1.82, 2.24) is 14.8 Å². The summed E-state index contributed by atoms with van der Waals surface area (Å²) in [4.78, 5) is 22.7. The second-order valence-corrected chi connectivity index (χ2v) is 6.21. The van der Waals surface area contributed by atoms with Crippen molar-refractivity contribution >= 4 is 11.7 Å². The van der Waals surface area contributed by atoms with E-state index in [4.69, 9.17) is 4.74 Å². The van der Waals surface area contributed by atoms with Crippen molar-refractivity contribution in [1.29, 1.82) is 0 Å². The van der Waals surface area contributed by atoms with Gasteiger partial charge in [-0.2, -0.15) is 0 Å². The minimum Gasteiger partial charge on any atom is -0.389 e. The first-order valence-corrected chi connectivity index (χ1v) is 8.42. The van der Waals surface area contributed by atoms with Crippen LogP contribution in [0, 0.1) is 0 Å². The number of pyridine rings is 1. The van der Waals surface area contributed by atoms with E-state index in [1.807, 2.05) is 43.0 Å². The number of anilines is 1. The molecule has 1 aromatic rings. The van der Waals surface area contributed by atoms with Crippen LogP contribution in [0.15, 0.2) is 18.3 Å². The van der Waals surface area contributed by atoms with Gasteiger partial charge in [-0.25, -0.2) is 4.98 Å². The lowest BCUT2D eigenvalue weighted by atomic mass is 10.2. The molecule has 0 bridgehead atoms. The van der Waals surface area contributed by atoms with Gasteiger partial charge >= 0.3 is 0 Å². The summed E-state index contributed by atoms with van der Waals surface area (Å²) < 4.78 is 5.23. The topological polar surface area (TPSA) is 69.1 Å². The average Bonchev–Trinajstić information content (AvgIpc) is 2.60. The van der Waals surface area contributed by atoms with Gasteiger partial charge in [0.15, 0.2) is 0 Å². The summed E-state index contributed by atoms with van der Waals surface area (Å²) in [5.41, 5.74) is 0.616. The van der Waals surface area contributed by atoms with E-state index in [2.05, 4.69) is 9.88 Å². The number of rotatable bonds is 7. The van der Waals surface area contributed by atoms with E-state index in [1.54, 1.807) is 6.20 Å². The highest BCUT2D eigenvalue weighted by molar-refractivity contribution is 5.94. The summed E-state index contributed by atoms with van der Waals surface area (Å²) in [5, 5.41) is 9.90. The van der Waals surface area contributed by atoms with Crippen molar-refractivity contribution in [3.05, 3.63) is 23.9 Å². The molecule has 0 spiro atoms. The van der Waals surface area contributed by atoms with Crippen molar-refractivity contribution in [2.24, 2.45) is 0 Å². The van der Waals surface area contributed by atoms with Crippen molar-refractivity contribution < 1.29 is 14.6 Å². The van der Waals surface area contributed by atoms with E-state index < -0.39 is 6.10 Å². The molecule has 0 aromatic carbocycles. The Hall–Kier alpha value is -1.70. The molecule has 7 heteroatoms. The van der Waals surface area contributed by atoms with Crippen molar-refractivity contribution in [3.63, 3.8) is 0 Å². The summed E-state index contributed by atoms with van der Waals surface area (Å²) in [5.74, 6) is 0.849. The zero-order valence-electron chi connectivity index (χ0n) is 14.8. The number of amides is 1. The summed E-state index contributed by atoms with van der Waals surface area (Å²) >= 11 is 0. The number of ether oxygens (including phenoxy) is 1. The third-order valence-corrected chi connectivity index (χ3v) is 4.10. The zero-order valence-corrected chi connectivity index (χ0v) is 14.8. The van der Waals surface area contributed by atoms with Gasteiger partial charge in [0.1, 0.15) is 5.82 Å². The van der Waals surface area contributed by atoms with Crippen molar-refractivity contribution in [3.8, 4) is 0 Å². The molecule has 1 amide bonds. The van der Waals surface area contributed by atoms with Crippen molar-refractivity contribution in [2.75, 3.05) is 64.9 Å². The number of hydrogen-bond donors (Lipinski definition) is 1. The van der Waals surface area contributed by atoms with Crippen LogP contribution in [-0.2, 0) is 4.74 Å². The van der Waals surface area contributed by atoms with Gasteiger partial charge in [0.2, 0.25) is 0 Å². The molecule has 0 radical (unpaired) electrons. The molecule has 2 rings (SSSR count). The number of aliphatic hydroxyl groups is 1. The second kappa shape index (κ2) is 8.96. The highest BCUT2D eigenvalue weighted by atomic mass is 16.5. The Morgan fingerprint density at radius 1 is 1.33 bits per heavy atom. The largest absolute Gasteiger partial charge is 0.389 e. The average molecular weight is 336 g/mol. The fourth-order valence-corrected chi connectivity index (χ4v) is 2.70. The van der Waals surface area contributed by atoms with E-state index >= 15 is 0 Å². The number of β-amino-alcohol motifs (C(OH)–C–C–N with tert-alkyl or cyclic N) is 1. The van der Waals surface area contributed by atoms with Gasteiger partial charge in [-0.15, -0.1) is 0 Å². The number of aliphatic hydroxyl groups excluding tert-OH is 1. The summed E-state index contributed by atoms with van der Waals surface area (Å²) in [7, 11) is 3.84. The molecule has 1 atom stereocenters. The normalized spacial score (nSPS) is 16.9. The first-order chi connectivity index (χ1) is 11.5. The summed E-state index contributed by atoms with van der Waals surface area (Å²) in [6.07, 6.45) is 1.16. The maximum atomic E-state index is 12.5. The van der Waals surface area contributed by atoms with Crippen LogP contribution in [0.5, 0.6) is 0 Å². The minimum atomic E-state index is -0.477. The molecule has 1 fully saturated rings. The zero-order chi connectivity index (χ0) is 17.5. The van der Waals surface area contributed by atoms with E-state index in [-0.39, 0.29) is 5.91 Å². The maximum Gasteiger partial charge on any atom is 0.255 e. The SMILES string of the molecule is CCOC[C@H](O)CN1CCN(C(=O)c2ccc(N(C)C)nc2)CC1. The van der Waals surface area contributed by atoms with E-state index in [0.29, 0.717) is 38.4 Å². The number of carbonyl (C=O) groups is 1. The number of hydrogen-bond acceptors (Lipinski definition) is 6. The van der Waals surface area contributed by atoms with Crippen molar-refractivity contribution in [2.45, 2.75) is 13.0 Å². The van der Waals surface area contributed by atoms with Gasteiger partial charge < -0.3 is 19.6 Å². The van der Waals surface area contributed by atoms with Crippen LogP contribution in [-0.4, -0.2) is 91.9 Å². The molecule has 0 aliphatic carbocycles. The molecule has 0 unspecified atom stereocenters. The number of nitrogens with zero attached hydrogens (tertiary/aromatic N) is 4. The third-order valence-electron chi connectivity index (χ3n) is 4.10. The number of piperazine rings is 1. The van der Waals surface area contributed by atoms with E-state index in [1.165, 1.54) is 0 Å². The Balaban J connectivity index is 1.82. The monoisotopic (exact) mass is 336 g/mol. The summed E-state index contributed by atoms with van der Waals surface area (Å²) in [6, 6.07) is 3.68. The molecule has 1 saturated heterocycles. The standard InChI is InChI=1S/C17H28N4O3/c1-4-24-13-15(22)12-20-7-9-21(10-8-20)17(23)14-5-6-16(18-11-14)19(2)3/h5-6,11,15,22H,4,7-10,12-13H2,1-3H3/t15-/m1/s1. The highest BCUT2D eigenvalue weighted by Gasteiger charge is 2.23. The van der Waals surface area contributed by atoms with Crippen LogP contribution < -0.4 is 4.90 Å². The van der Waals surface area contributed by atoms with Crippen LogP contribution in [0.4, 0.5) is 5.82 Å². The lowest BCUT2D eigenvalue weighted by molar-refractivity contribution is 0.0111. The Labute approximate surface area is 143 Å². The van der Waals surface area contributed by atoms with Crippen LogP contribution in [0.3, 0.4) is 0 Å². The smallest absolute Gasteiger partial charge is 0.255 e. The Morgan fingerprint density at radius 3 is 2.58 bits per heavy atom. The molecule has 7 nitrogen and oxygen atoms in total. The van der Waals surface area contributed by atoms with Crippen LogP contribution >= 0.6 is 0 Å². The van der Waals surface area contributed by atoms with Gasteiger partial charge in [-0.05, 0) is 19.1 Å². The van der Waals surface area contributed by atoms with Crippen LogP contribution in [0.2, 0.25) is 0 Å². The van der Waals surface area contributed by atoms with Gasteiger partial charge in [0.25, 0.3) is 5.91 Å². The molecule has 2 heterocycles. The molecule has 0 saturated carbocycles. The van der Waals surface area contributed by atoms with E-state index in [0.717, 1.165) is 18.9 Å².